The number of rotatable bonds is 6. The summed E-state index contributed by atoms with van der Waals surface area (Å²) in [6.45, 7) is 9.68. The molecule has 10 nitrogen and oxygen atoms in total. The second-order valence-electron chi connectivity index (χ2n) is 9.22. The van der Waals surface area contributed by atoms with Gasteiger partial charge in [-0.25, -0.2) is 14.6 Å². The summed E-state index contributed by atoms with van der Waals surface area (Å²) in [5, 5.41) is 8.83. The van der Waals surface area contributed by atoms with Gasteiger partial charge in [-0.15, -0.1) is 0 Å². The van der Waals surface area contributed by atoms with Gasteiger partial charge in [0.15, 0.2) is 11.5 Å². The number of nitrogens with one attached hydrogen (secondary N) is 1. The van der Waals surface area contributed by atoms with E-state index in [-0.39, 0.29) is 24.0 Å². The molecule has 1 aliphatic heterocycles. The van der Waals surface area contributed by atoms with Crippen molar-refractivity contribution in [3.05, 3.63) is 47.8 Å². The number of carbonyl (C=O) groups is 2. The Morgan fingerprint density at radius 3 is 2.66 bits per heavy atom. The summed E-state index contributed by atoms with van der Waals surface area (Å²) in [6.07, 6.45) is 4.37. The largest absolute Gasteiger partial charge is 0.383 e. The predicted molar refractivity (Wildman–Crippen MR) is 136 cm³/mol. The highest BCUT2D eigenvalue weighted by Gasteiger charge is 2.36. The van der Waals surface area contributed by atoms with Crippen LogP contribution in [0.4, 0.5) is 17.3 Å². The molecule has 0 saturated carbocycles. The first-order valence-electron chi connectivity index (χ1n) is 11.6. The number of carbonyl (C=O) groups excluding carboxylic acids is 2. The predicted octanol–water partition coefficient (Wildman–Crippen LogP) is 3.10. The van der Waals surface area contributed by atoms with Crippen LogP contribution in [0.3, 0.4) is 0 Å². The number of benzene rings is 1. The van der Waals surface area contributed by atoms with Gasteiger partial charge in [-0.1, -0.05) is 12.6 Å². The third-order valence-corrected chi connectivity index (χ3v) is 6.86. The molecule has 184 valence electrons. The molecule has 4 rings (SSSR count). The minimum atomic E-state index is -0.301. The summed E-state index contributed by atoms with van der Waals surface area (Å²) < 4.78 is 1.76. The average molecular weight is 477 g/mol. The minimum Gasteiger partial charge on any atom is -0.383 e. The SMILES string of the molecule is C=CC(=O)N1C(n2nc(Nc3ccc(CC(=O)N(C)C)c(C)c3C)c3c(N)ncnc32)CC[C@H]1C. The zero-order valence-electron chi connectivity index (χ0n) is 20.9. The van der Waals surface area contributed by atoms with Gasteiger partial charge in [0.2, 0.25) is 11.8 Å². The van der Waals surface area contributed by atoms with Crippen LogP contribution in [0, 0.1) is 13.8 Å². The van der Waals surface area contributed by atoms with E-state index in [1.165, 1.54) is 12.4 Å². The van der Waals surface area contributed by atoms with Gasteiger partial charge < -0.3 is 20.9 Å². The Kier molecular flexibility index (Phi) is 6.47. The number of nitrogens with two attached hydrogens (primary N) is 1. The summed E-state index contributed by atoms with van der Waals surface area (Å²) in [4.78, 5) is 36.8. The molecule has 0 spiro atoms. The van der Waals surface area contributed by atoms with Crippen molar-refractivity contribution in [2.24, 2.45) is 0 Å². The highest BCUT2D eigenvalue weighted by molar-refractivity contribution is 5.97. The smallest absolute Gasteiger partial charge is 0.247 e. The van der Waals surface area contributed by atoms with Crippen molar-refractivity contribution in [2.45, 2.75) is 52.2 Å². The molecular weight excluding hydrogens is 444 g/mol. The molecule has 3 N–H and O–H groups in total. The lowest BCUT2D eigenvalue weighted by molar-refractivity contribution is -0.130. The van der Waals surface area contributed by atoms with Crippen molar-refractivity contribution in [3.63, 3.8) is 0 Å². The van der Waals surface area contributed by atoms with Gasteiger partial charge >= 0.3 is 0 Å². The van der Waals surface area contributed by atoms with Gasteiger partial charge in [-0.2, -0.15) is 5.10 Å². The number of nitrogen functional groups attached to an aromatic ring is 1. The molecule has 3 aromatic rings. The normalized spacial score (nSPS) is 17.6. The number of aromatic nitrogens is 4. The summed E-state index contributed by atoms with van der Waals surface area (Å²) in [5.74, 6) is 0.726. The van der Waals surface area contributed by atoms with E-state index in [9.17, 15) is 9.59 Å². The van der Waals surface area contributed by atoms with E-state index in [0.717, 1.165) is 35.2 Å². The molecule has 1 saturated heterocycles. The van der Waals surface area contributed by atoms with Crippen molar-refractivity contribution >= 4 is 40.2 Å². The van der Waals surface area contributed by atoms with Gasteiger partial charge in [0.05, 0.1) is 6.42 Å². The number of amides is 2. The van der Waals surface area contributed by atoms with Crippen LogP contribution in [0.5, 0.6) is 0 Å². The molecule has 1 fully saturated rings. The number of fused-ring (bicyclic) bond motifs is 1. The second-order valence-corrected chi connectivity index (χ2v) is 9.22. The molecule has 1 unspecified atom stereocenters. The Balaban J connectivity index is 1.75. The van der Waals surface area contributed by atoms with Crippen molar-refractivity contribution in [3.8, 4) is 0 Å². The zero-order valence-corrected chi connectivity index (χ0v) is 20.9. The first-order chi connectivity index (χ1) is 16.6. The second kappa shape index (κ2) is 9.36. The molecule has 2 amide bonds. The minimum absolute atomic E-state index is 0.0484. The Morgan fingerprint density at radius 1 is 1.23 bits per heavy atom. The number of likely N-dealkylation sites (tertiary alicyclic amines) is 1. The Hall–Kier alpha value is -3.95. The summed E-state index contributed by atoms with van der Waals surface area (Å²) in [6, 6.07) is 3.95. The molecule has 2 atom stereocenters. The van der Waals surface area contributed by atoms with Gasteiger partial charge in [-0.05, 0) is 62.4 Å². The molecule has 1 aromatic carbocycles. The van der Waals surface area contributed by atoms with E-state index >= 15 is 0 Å². The van der Waals surface area contributed by atoms with Crippen LogP contribution in [0.2, 0.25) is 0 Å². The fourth-order valence-electron chi connectivity index (χ4n) is 4.61. The van der Waals surface area contributed by atoms with E-state index in [1.54, 1.807) is 28.6 Å². The van der Waals surface area contributed by atoms with Crippen LogP contribution in [0.25, 0.3) is 11.0 Å². The molecule has 3 heterocycles. The van der Waals surface area contributed by atoms with Crippen molar-refractivity contribution in [1.29, 1.82) is 0 Å². The Labute approximate surface area is 204 Å². The zero-order chi connectivity index (χ0) is 25.4. The first-order valence-corrected chi connectivity index (χ1v) is 11.6. The molecular formula is C25H32N8O2. The number of hydrogen-bond donors (Lipinski definition) is 2. The van der Waals surface area contributed by atoms with Crippen molar-refractivity contribution < 1.29 is 9.59 Å². The Morgan fingerprint density at radius 2 is 1.97 bits per heavy atom. The number of anilines is 3. The maximum absolute atomic E-state index is 12.6. The molecule has 2 aromatic heterocycles. The third-order valence-electron chi connectivity index (χ3n) is 6.86. The highest BCUT2D eigenvalue weighted by Crippen LogP contribution is 2.37. The topological polar surface area (TPSA) is 122 Å². The van der Waals surface area contributed by atoms with Crippen LogP contribution >= 0.6 is 0 Å². The van der Waals surface area contributed by atoms with E-state index in [0.29, 0.717) is 29.1 Å². The molecule has 0 radical (unpaired) electrons. The van der Waals surface area contributed by atoms with Crippen LogP contribution in [0.15, 0.2) is 31.1 Å². The van der Waals surface area contributed by atoms with E-state index in [2.05, 4.69) is 21.9 Å². The fourth-order valence-corrected chi connectivity index (χ4v) is 4.61. The van der Waals surface area contributed by atoms with Crippen LogP contribution in [-0.4, -0.2) is 61.5 Å². The monoisotopic (exact) mass is 476 g/mol. The van der Waals surface area contributed by atoms with Gasteiger partial charge in [0.1, 0.15) is 23.7 Å². The molecule has 0 bridgehead atoms. The van der Waals surface area contributed by atoms with Gasteiger partial charge in [0, 0.05) is 25.8 Å². The van der Waals surface area contributed by atoms with Crippen molar-refractivity contribution in [1.82, 2.24) is 29.5 Å². The Bertz CT molecular complexity index is 1310. The maximum Gasteiger partial charge on any atom is 0.247 e. The summed E-state index contributed by atoms with van der Waals surface area (Å²) in [5.41, 5.74) is 10.7. The van der Waals surface area contributed by atoms with Gasteiger partial charge in [0.25, 0.3) is 0 Å². The molecule has 0 aliphatic carbocycles. The van der Waals surface area contributed by atoms with Crippen molar-refractivity contribution in [2.75, 3.05) is 25.1 Å². The molecule has 1 aliphatic rings. The highest BCUT2D eigenvalue weighted by atomic mass is 16.2. The number of nitrogens with zero attached hydrogens (tertiary/aromatic N) is 6. The quantitative estimate of drug-likeness (QED) is 0.524. The first kappa shape index (κ1) is 24.2. The van der Waals surface area contributed by atoms with Crippen LogP contribution in [-0.2, 0) is 16.0 Å². The summed E-state index contributed by atoms with van der Waals surface area (Å²) in [7, 11) is 3.51. The lowest BCUT2D eigenvalue weighted by Gasteiger charge is -2.27. The van der Waals surface area contributed by atoms with Crippen LogP contribution in [0.1, 0.15) is 42.6 Å². The number of hydrogen-bond acceptors (Lipinski definition) is 7. The lowest BCUT2D eigenvalue weighted by atomic mass is 9.98. The number of likely N-dealkylation sites (N-methyl/N-ethyl adjacent to an activating group) is 1. The molecule has 10 heteroatoms. The average Bonchev–Trinajstić information content (AvgIpc) is 3.39. The van der Waals surface area contributed by atoms with E-state index in [1.807, 2.05) is 32.9 Å². The van der Waals surface area contributed by atoms with E-state index < -0.39 is 0 Å². The maximum atomic E-state index is 12.6. The van der Waals surface area contributed by atoms with Gasteiger partial charge in [-0.3, -0.25) is 9.59 Å². The fraction of sp³-hybridized carbons (Fsp3) is 0.400. The van der Waals surface area contributed by atoms with Crippen LogP contribution < -0.4 is 11.1 Å². The summed E-state index contributed by atoms with van der Waals surface area (Å²) >= 11 is 0. The lowest BCUT2D eigenvalue weighted by Crippen LogP contribution is -2.37. The third kappa shape index (κ3) is 4.31. The standard InChI is InChI=1S/C25H32N8O2/c1-7-20(34)32-14(2)8-11-19(32)33-25-22(23(26)27-13-28-25)24(30-33)29-18-10-9-17(15(3)16(18)4)12-21(35)31(5)6/h7,9-10,13-14,19H,1,8,11-12H2,2-6H3,(H,29,30)(H2,26,27,28)/t14-,19?/m1/s1. The van der Waals surface area contributed by atoms with E-state index in [4.69, 9.17) is 10.8 Å². The molecule has 35 heavy (non-hydrogen) atoms.